The molecule has 0 fully saturated rings. The van der Waals surface area contributed by atoms with E-state index in [0.29, 0.717) is 29.7 Å². The summed E-state index contributed by atoms with van der Waals surface area (Å²) in [6, 6.07) is 24.0. The number of nitriles is 1. The third-order valence-electron chi connectivity index (χ3n) is 6.09. The van der Waals surface area contributed by atoms with Crippen molar-refractivity contribution in [3.05, 3.63) is 125 Å². The van der Waals surface area contributed by atoms with Gasteiger partial charge in [-0.05, 0) is 66.8 Å². The quantitative estimate of drug-likeness (QED) is 0.147. The summed E-state index contributed by atoms with van der Waals surface area (Å²) in [5.74, 6) is -0.201. The smallest absolute Gasteiger partial charge is 0.353 e. The zero-order valence-electron chi connectivity index (χ0n) is 25.0. The maximum absolute atomic E-state index is 13.4. The van der Waals surface area contributed by atoms with Crippen molar-refractivity contribution in [1.82, 2.24) is 0 Å². The van der Waals surface area contributed by atoms with E-state index in [-0.39, 0.29) is 17.9 Å². The van der Waals surface area contributed by atoms with E-state index < -0.39 is 17.5 Å². The monoisotopic (exact) mass is 580 g/mol. The number of alkyl halides is 3. The number of Topliss-reactive ketones (excluding diaryl/α,β-unsaturated/α-hetero) is 1. The Hall–Kier alpha value is -4.18. The van der Waals surface area contributed by atoms with E-state index in [1.165, 1.54) is 17.2 Å². The molecule has 0 heterocycles. The number of aryl methyl sites for hydroxylation is 1. The van der Waals surface area contributed by atoms with Gasteiger partial charge in [0.05, 0.1) is 22.9 Å². The minimum atomic E-state index is -4.60. The average molecular weight is 581 g/mol. The molecule has 1 N–H and O–H groups in total. The van der Waals surface area contributed by atoms with E-state index in [9.17, 15) is 22.4 Å². The molecule has 0 spiro atoms. The normalized spacial score (nSPS) is 11.6. The molecule has 0 saturated heterocycles. The van der Waals surface area contributed by atoms with E-state index >= 15 is 0 Å². The highest BCUT2D eigenvalue weighted by molar-refractivity contribution is 5.98. The second kappa shape index (κ2) is 18.3. The molecule has 0 saturated carbocycles. The first-order chi connectivity index (χ1) is 20.0. The number of benzene rings is 3. The number of nitrogens with zero attached hydrogens (tertiary/aromatic N) is 1. The molecule has 0 bridgehead atoms. The lowest BCUT2D eigenvalue weighted by molar-refractivity contribution is -0.115. The van der Waals surface area contributed by atoms with Gasteiger partial charge in [-0.15, -0.1) is 0 Å². The van der Waals surface area contributed by atoms with Crippen molar-refractivity contribution in [1.29, 1.82) is 5.26 Å². The number of hydrogen-bond acceptors (Lipinski definition) is 3. The number of nitrogens with one attached hydrogen (secondary N) is 1. The largest absolute Gasteiger partial charge is 0.415 e. The molecule has 0 radical (unpaired) electrons. The van der Waals surface area contributed by atoms with Crippen LogP contribution in [0.25, 0.3) is 0 Å². The first-order valence-electron chi connectivity index (χ1n) is 14.1. The van der Waals surface area contributed by atoms with Crippen molar-refractivity contribution in [2.45, 2.75) is 72.4 Å². The summed E-state index contributed by atoms with van der Waals surface area (Å²) in [6.45, 7) is 12.7. The highest BCUT2D eigenvalue weighted by Crippen LogP contribution is 2.30. The van der Waals surface area contributed by atoms with Crippen molar-refractivity contribution in [3.63, 3.8) is 0 Å². The van der Waals surface area contributed by atoms with E-state index in [0.717, 1.165) is 18.4 Å². The van der Waals surface area contributed by atoms with Crippen LogP contribution in [0, 0.1) is 24.1 Å². The molecule has 7 heteroatoms. The minimum Gasteiger partial charge on any atom is -0.353 e. The first-order valence-corrected chi connectivity index (χ1v) is 14.1. The van der Waals surface area contributed by atoms with Crippen molar-refractivity contribution < 1.29 is 22.4 Å². The molecule has 3 aromatic carbocycles. The lowest BCUT2D eigenvalue weighted by atomic mass is 9.87. The zero-order valence-corrected chi connectivity index (χ0v) is 25.0. The molecule has 0 aliphatic rings. The fourth-order valence-corrected chi connectivity index (χ4v) is 4.01. The molecule has 0 amide bonds. The second-order valence-electron chi connectivity index (χ2n) is 9.33. The summed E-state index contributed by atoms with van der Waals surface area (Å²) < 4.78 is 51.1. The number of carbonyl (C=O) groups is 1. The first kappa shape index (κ1) is 35.8. The van der Waals surface area contributed by atoms with E-state index in [1.54, 1.807) is 31.2 Å². The average Bonchev–Trinajstić information content (AvgIpc) is 2.98. The van der Waals surface area contributed by atoms with Gasteiger partial charge in [-0.1, -0.05) is 89.2 Å². The van der Waals surface area contributed by atoms with Gasteiger partial charge in [-0.25, -0.2) is 4.39 Å². The molecule has 0 aliphatic carbocycles. The SMILES string of the molecule is C=C(/C=C(\Nc1cccc(C#N)c1)C(=O)CCC)C(F)(F)F.CC.CCCC(c1ccccc1)c1ccc(F)c(C)c1. The van der Waals surface area contributed by atoms with Crippen LogP contribution >= 0.6 is 0 Å². The topological polar surface area (TPSA) is 52.9 Å². The number of hydrogen-bond donors (Lipinski definition) is 1. The predicted octanol–water partition coefficient (Wildman–Crippen LogP) is 10.4. The molecule has 0 aliphatic heterocycles. The molecule has 42 heavy (non-hydrogen) atoms. The number of halogens is 4. The zero-order chi connectivity index (χ0) is 31.7. The Labute approximate surface area is 247 Å². The van der Waals surface area contributed by atoms with Crippen LogP contribution in [0.5, 0.6) is 0 Å². The van der Waals surface area contributed by atoms with Crippen LogP contribution in [-0.2, 0) is 4.79 Å². The van der Waals surface area contributed by atoms with Gasteiger partial charge in [0, 0.05) is 18.0 Å². The second-order valence-corrected chi connectivity index (χ2v) is 9.33. The summed E-state index contributed by atoms with van der Waals surface area (Å²) in [6.07, 6.45) is -1.08. The standard InChI is InChI=1S/C17H19F.C16H15F3N2O.C2H6/c1-3-7-16(14-8-5-4-6-9-14)15-10-11-17(18)13(2)12-15;1-3-5-15(22)14(8-11(2)16(17,18)19)21-13-7-4-6-12(9-13)10-20;1-2/h4-6,8-12,16H,3,7H2,1-2H3;4,6-9,21H,2-3,5H2,1H3;1-2H3/b;14-8-;. The molecule has 3 rings (SSSR count). The van der Waals surface area contributed by atoms with Crippen LogP contribution in [-0.4, -0.2) is 12.0 Å². The Kier molecular flexibility index (Phi) is 15.6. The van der Waals surface area contributed by atoms with Gasteiger partial charge in [-0.2, -0.15) is 18.4 Å². The van der Waals surface area contributed by atoms with Gasteiger partial charge in [0.25, 0.3) is 0 Å². The van der Waals surface area contributed by atoms with Crippen molar-refractivity contribution in [2.24, 2.45) is 0 Å². The van der Waals surface area contributed by atoms with Gasteiger partial charge in [-0.3, -0.25) is 4.79 Å². The van der Waals surface area contributed by atoms with Gasteiger partial charge in [0.2, 0.25) is 0 Å². The van der Waals surface area contributed by atoms with Crippen LogP contribution in [0.4, 0.5) is 23.2 Å². The van der Waals surface area contributed by atoms with Crippen LogP contribution in [0.1, 0.15) is 81.5 Å². The van der Waals surface area contributed by atoms with Crippen molar-refractivity contribution >= 4 is 11.5 Å². The predicted molar refractivity (Wildman–Crippen MR) is 164 cm³/mol. The Balaban J connectivity index is 0.000000402. The molecular formula is C35H40F4N2O. The fraction of sp³-hybridized carbons (Fsp3) is 0.314. The van der Waals surface area contributed by atoms with E-state index in [4.69, 9.17) is 5.26 Å². The van der Waals surface area contributed by atoms with Gasteiger partial charge in [0.1, 0.15) is 5.82 Å². The lowest BCUT2D eigenvalue weighted by Crippen LogP contribution is -2.15. The third-order valence-corrected chi connectivity index (χ3v) is 6.09. The number of rotatable bonds is 10. The Morgan fingerprint density at radius 1 is 0.976 bits per heavy atom. The maximum atomic E-state index is 13.4. The minimum absolute atomic E-state index is 0.113. The van der Waals surface area contributed by atoms with Crippen LogP contribution in [0.15, 0.2) is 96.7 Å². The van der Waals surface area contributed by atoms with Crippen LogP contribution < -0.4 is 5.32 Å². The lowest BCUT2D eigenvalue weighted by Gasteiger charge is -2.18. The molecule has 224 valence electrons. The Morgan fingerprint density at radius 2 is 1.64 bits per heavy atom. The Morgan fingerprint density at radius 3 is 2.19 bits per heavy atom. The van der Waals surface area contributed by atoms with Crippen LogP contribution in [0.3, 0.4) is 0 Å². The molecular weight excluding hydrogens is 540 g/mol. The summed E-state index contributed by atoms with van der Waals surface area (Å²) in [5, 5.41) is 11.5. The number of ketones is 1. The highest BCUT2D eigenvalue weighted by atomic mass is 19.4. The molecule has 1 unspecified atom stereocenters. The van der Waals surface area contributed by atoms with Gasteiger partial charge >= 0.3 is 6.18 Å². The van der Waals surface area contributed by atoms with Crippen LogP contribution in [0.2, 0.25) is 0 Å². The maximum Gasteiger partial charge on any atom is 0.415 e. The number of allylic oxidation sites excluding steroid dienone is 3. The summed E-state index contributed by atoms with van der Waals surface area (Å²) in [7, 11) is 0. The van der Waals surface area contributed by atoms with E-state index in [1.807, 2.05) is 45.0 Å². The van der Waals surface area contributed by atoms with E-state index in [2.05, 4.69) is 43.1 Å². The summed E-state index contributed by atoms with van der Waals surface area (Å²) in [4.78, 5) is 12.0. The Bertz CT molecular complexity index is 1360. The number of anilines is 1. The van der Waals surface area contributed by atoms with Crippen molar-refractivity contribution in [3.8, 4) is 6.07 Å². The summed E-state index contributed by atoms with van der Waals surface area (Å²) >= 11 is 0. The molecule has 3 nitrogen and oxygen atoms in total. The van der Waals surface area contributed by atoms with Crippen molar-refractivity contribution in [2.75, 3.05) is 5.32 Å². The highest BCUT2D eigenvalue weighted by Gasteiger charge is 2.31. The fourth-order valence-electron chi connectivity index (χ4n) is 4.01. The summed E-state index contributed by atoms with van der Waals surface area (Å²) in [5.41, 5.74) is 2.64. The molecule has 3 aromatic rings. The third kappa shape index (κ3) is 11.7. The number of carbonyl (C=O) groups excluding carboxylic acids is 1. The molecule has 1 atom stereocenters. The molecule has 0 aromatic heterocycles. The van der Waals surface area contributed by atoms with Gasteiger partial charge < -0.3 is 5.32 Å². The van der Waals surface area contributed by atoms with Gasteiger partial charge in [0.15, 0.2) is 5.78 Å².